The molecular weight excluding hydrogens is 507 g/mol. The van der Waals surface area contributed by atoms with Crippen molar-refractivity contribution in [3.8, 4) is 5.75 Å². The second-order valence-corrected chi connectivity index (χ2v) is 10.2. The van der Waals surface area contributed by atoms with Gasteiger partial charge in [0, 0.05) is 57.4 Å². The van der Waals surface area contributed by atoms with Gasteiger partial charge in [0.15, 0.2) is 0 Å². The molecule has 1 atom stereocenters. The molecule has 0 saturated carbocycles. The smallest absolute Gasteiger partial charge is 0.240 e. The molecule has 0 bridgehead atoms. The molecule has 40 heavy (non-hydrogen) atoms. The maximum absolute atomic E-state index is 13.8. The van der Waals surface area contributed by atoms with Crippen molar-refractivity contribution in [2.75, 3.05) is 37.7 Å². The zero-order valence-electron chi connectivity index (χ0n) is 23.4. The van der Waals surface area contributed by atoms with E-state index in [1.54, 1.807) is 28.9 Å². The lowest BCUT2D eigenvalue weighted by Crippen LogP contribution is -2.47. The van der Waals surface area contributed by atoms with Gasteiger partial charge in [-0.3, -0.25) is 14.5 Å². The first-order valence-corrected chi connectivity index (χ1v) is 13.9. The van der Waals surface area contributed by atoms with Crippen molar-refractivity contribution in [2.24, 2.45) is 5.73 Å². The number of benzene rings is 3. The number of carbonyl (C=O) groups is 2. The molecule has 8 heteroatoms. The first-order chi connectivity index (χ1) is 19.4. The minimum Gasteiger partial charge on any atom is -0.494 e. The fourth-order valence-corrected chi connectivity index (χ4v) is 5.22. The first kappa shape index (κ1) is 29.2. The number of hydrogen-bond acceptors (Lipinski definition) is 5. The Kier molecular flexibility index (Phi) is 10.3. The largest absolute Gasteiger partial charge is 0.494 e. The van der Waals surface area contributed by atoms with Crippen molar-refractivity contribution < 1.29 is 18.7 Å². The summed E-state index contributed by atoms with van der Waals surface area (Å²) in [6, 6.07) is 21.1. The van der Waals surface area contributed by atoms with E-state index in [0.29, 0.717) is 44.9 Å². The lowest BCUT2D eigenvalue weighted by molar-refractivity contribution is -0.133. The molecule has 1 aliphatic heterocycles. The van der Waals surface area contributed by atoms with E-state index in [4.69, 9.17) is 10.5 Å². The highest BCUT2D eigenvalue weighted by Gasteiger charge is 2.26. The number of halogens is 1. The van der Waals surface area contributed by atoms with Crippen molar-refractivity contribution in [3.63, 3.8) is 0 Å². The predicted octanol–water partition coefficient (Wildman–Crippen LogP) is 4.38. The van der Waals surface area contributed by atoms with Crippen LogP contribution in [0, 0.1) is 5.82 Å². The zero-order chi connectivity index (χ0) is 28.5. The predicted molar refractivity (Wildman–Crippen MR) is 155 cm³/mol. The fourth-order valence-electron chi connectivity index (χ4n) is 5.22. The van der Waals surface area contributed by atoms with Crippen molar-refractivity contribution >= 4 is 17.5 Å². The number of ether oxygens (including phenoxy) is 1. The van der Waals surface area contributed by atoms with Crippen molar-refractivity contribution in [1.82, 2.24) is 9.80 Å². The van der Waals surface area contributed by atoms with Gasteiger partial charge in [-0.25, -0.2) is 4.39 Å². The number of rotatable bonds is 7. The summed E-state index contributed by atoms with van der Waals surface area (Å²) < 4.78 is 19.6. The van der Waals surface area contributed by atoms with Gasteiger partial charge in [-0.2, -0.15) is 0 Å². The number of hydrogen-bond donors (Lipinski definition) is 1. The molecule has 1 aliphatic rings. The van der Waals surface area contributed by atoms with Crippen LogP contribution in [0.25, 0.3) is 0 Å². The third kappa shape index (κ3) is 7.67. The molecule has 0 spiro atoms. The summed E-state index contributed by atoms with van der Waals surface area (Å²) in [6.07, 6.45) is 1.01. The number of anilines is 1. The van der Waals surface area contributed by atoms with Crippen LogP contribution in [0.4, 0.5) is 10.1 Å². The molecule has 0 unspecified atom stereocenters. The SMILES string of the molecule is CCOc1ccccc1CN1CCCN(C(C)=O)c2ccccc2CN(C(=O)[C@@H](N)Cc2cccc(F)c2)CC1. The van der Waals surface area contributed by atoms with Gasteiger partial charge in [-0.1, -0.05) is 48.5 Å². The molecule has 3 aromatic carbocycles. The van der Waals surface area contributed by atoms with Crippen LogP contribution in [0.5, 0.6) is 5.75 Å². The van der Waals surface area contributed by atoms with Crippen LogP contribution in [-0.4, -0.2) is 60.4 Å². The minimum absolute atomic E-state index is 0.0411. The average molecular weight is 547 g/mol. The van der Waals surface area contributed by atoms with Crippen LogP contribution < -0.4 is 15.4 Å². The van der Waals surface area contributed by atoms with Gasteiger partial charge < -0.3 is 20.3 Å². The molecule has 0 aliphatic carbocycles. The molecule has 212 valence electrons. The number of nitrogens with two attached hydrogens (primary N) is 1. The van der Waals surface area contributed by atoms with Gasteiger partial charge in [0.05, 0.1) is 12.6 Å². The van der Waals surface area contributed by atoms with Crippen molar-refractivity contribution in [3.05, 3.63) is 95.3 Å². The number of para-hydroxylation sites is 2. The molecule has 0 aromatic heterocycles. The maximum Gasteiger partial charge on any atom is 0.240 e. The van der Waals surface area contributed by atoms with E-state index < -0.39 is 6.04 Å². The van der Waals surface area contributed by atoms with E-state index in [2.05, 4.69) is 11.0 Å². The first-order valence-electron chi connectivity index (χ1n) is 13.9. The fraction of sp³-hybridized carbons (Fsp3) is 0.375. The normalized spacial score (nSPS) is 15.6. The second kappa shape index (κ2) is 14.1. The molecule has 2 amide bonds. The summed E-state index contributed by atoms with van der Waals surface area (Å²) in [7, 11) is 0. The molecule has 4 rings (SSSR count). The molecule has 1 heterocycles. The Morgan fingerprint density at radius 2 is 1.75 bits per heavy atom. The molecule has 0 fully saturated rings. The minimum atomic E-state index is -0.824. The summed E-state index contributed by atoms with van der Waals surface area (Å²) in [4.78, 5) is 32.3. The van der Waals surface area contributed by atoms with Crippen LogP contribution in [-0.2, 0) is 29.1 Å². The Labute approximate surface area is 236 Å². The number of fused-ring (bicyclic) bond motifs is 1. The monoisotopic (exact) mass is 546 g/mol. The van der Waals surface area contributed by atoms with Crippen LogP contribution >= 0.6 is 0 Å². The molecule has 0 radical (unpaired) electrons. The molecule has 2 N–H and O–H groups in total. The quantitative estimate of drug-likeness (QED) is 0.476. The maximum atomic E-state index is 13.8. The highest BCUT2D eigenvalue weighted by Crippen LogP contribution is 2.25. The summed E-state index contributed by atoms with van der Waals surface area (Å²) in [5.74, 6) is 0.249. The molecule has 7 nitrogen and oxygen atoms in total. The van der Waals surface area contributed by atoms with Crippen LogP contribution in [0.15, 0.2) is 72.8 Å². The van der Waals surface area contributed by atoms with Gasteiger partial charge in [0.1, 0.15) is 11.6 Å². The highest BCUT2D eigenvalue weighted by atomic mass is 19.1. The van der Waals surface area contributed by atoms with Gasteiger partial charge in [-0.05, 0) is 55.2 Å². The third-order valence-electron chi connectivity index (χ3n) is 7.21. The number of carbonyl (C=O) groups excluding carboxylic acids is 2. The number of amides is 2. The van der Waals surface area contributed by atoms with Crippen molar-refractivity contribution in [2.45, 2.75) is 45.8 Å². The van der Waals surface area contributed by atoms with Gasteiger partial charge in [0.25, 0.3) is 0 Å². The summed E-state index contributed by atoms with van der Waals surface area (Å²) in [5.41, 5.74) is 9.87. The zero-order valence-corrected chi connectivity index (χ0v) is 23.4. The second-order valence-electron chi connectivity index (χ2n) is 10.2. The van der Waals surface area contributed by atoms with E-state index in [1.807, 2.05) is 49.4 Å². The van der Waals surface area contributed by atoms with E-state index in [-0.39, 0.29) is 24.1 Å². The number of nitrogens with zero attached hydrogens (tertiary/aromatic N) is 3. The summed E-state index contributed by atoms with van der Waals surface area (Å²) in [5, 5.41) is 0. The van der Waals surface area contributed by atoms with Crippen LogP contribution in [0.2, 0.25) is 0 Å². The van der Waals surface area contributed by atoms with E-state index >= 15 is 0 Å². The van der Waals surface area contributed by atoms with Gasteiger partial charge in [0.2, 0.25) is 11.8 Å². The Morgan fingerprint density at radius 1 is 0.975 bits per heavy atom. The topological polar surface area (TPSA) is 79.1 Å². The molecule has 0 saturated heterocycles. The Bertz CT molecular complexity index is 1300. The lowest BCUT2D eigenvalue weighted by Gasteiger charge is -2.30. The molecular formula is C32H39FN4O3. The van der Waals surface area contributed by atoms with Gasteiger partial charge in [-0.15, -0.1) is 0 Å². The van der Waals surface area contributed by atoms with Gasteiger partial charge >= 0.3 is 0 Å². The van der Waals surface area contributed by atoms with Crippen LogP contribution in [0.1, 0.15) is 37.0 Å². The van der Waals surface area contributed by atoms with E-state index in [1.165, 1.54) is 12.1 Å². The average Bonchev–Trinajstić information content (AvgIpc) is 2.97. The Balaban J connectivity index is 1.62. The van der Waals surface area contributed by atoms with E-state index in [0.717, 1.165) is 35.5 Å². The Hall–Kier alpha value is -3.75. The summed E-state index contributed by atoms with van der Waals surface area (Å²) in [6.45, 7) is 7.49. The Morgan fingerprint density at radius 3 is 2.52 bits per heavy atom. The third-order valence-corrected chi connectivity index (χ3v) is 7.21. The highest BCUT2D eigenvalue weighted by molar-refractivity contribution is 5.92. The lowest BCUT2D eigenvalue weighted by atomic mass is 10.0. The van der Waals surface area contributed by atoms with Crippen molar-refractivity contribution in [1.29, 1.82) is 0 Å². The van der Waals surface area contributed by atoms with E-state index in [9.17, 15) is 14.0 Å². The van der Waals surface area contributed by atoms with Crippen LogP contribution in [0.3, 0.4) is 0 Å². The molecule has 3 aromatic rings. The standard InChI is InChI=1S/C32H39FN4O3/c1-3-40-31-15-7-5-12-27(31)22-35-16-9-17-37(24(2)38)30-14-6-4-11-26(30)23-36(19-18-35)32(39)29(34)21-25-10-8-13-28(33)20-25/h4-8,10-15,20,29H,3,9,16-19,21-23,34H2,1-2H3/t29-/m0/s1. The summed E-state index contributed by atoms with van der Waals surface area (Å²) >= 11 is 0.